The quantitative estimate of drug-likeness (QED) is 0.522. The van der Waals surface area contributed by atoms with Crippen molar-refractivity contribution >= 4 is 11.9 Å². The predicted molar refractivity (Wildman–Crippen MR) is 88.2 cm³/mol. The number of carboxylic acids is 1. The Bertz CT molecular complexity index is 530. The van der Waals surface area contributed by atoms with Gasteiger partial charge in [0.1, 0.15) is 6.61 Å². The Labute approximate surface area is 142 Å². The third-order valence-electron chi connectivity index (χ3n) is 3.87. The summed E-state index contributed by atoms with van der Waals surface area (Å²) in [4.78, 5) is 23.7. The van der Waals surface area contributed by atoms with Crippen LogP contribution >= 0.6 is 0 Å². The largest absolute Gasteiger partial charge is 0.481 e. The van der Waals surface area contributed by atoms with Crippen molar-refractivity contribution in [3.63, 3.8) is 0 Å². The number of ether oxygens (including phenoxy) is 3. The van der Waals surface area contributed by atoms with Crippen LogP contribution in [0.2, 0.25) is 0 Å². The molecule has 6 heteroatoms. The summed E-state index contributed by atoms with van der Waals surface area (Å²) in [6, 6.07) is 9.33. The van der Waals surface area contributed by atoms with Gasteiger partial charge >= 0.3 is 11.9 Å². The summed E-state index contributed by atoms with van der Waals surface area (Å²) in [6.07, 6.45) is -0.393. The first-order valence-electron chi connectivity index (χ1n) is 7.87. The number of hydrogen-bond acceptors (Lipinski definition) is 5. The van der Waals surface area contributed by atoms with Crippen LogP contribution in [0, 0.1) is 11.3 Å². The maximum absolute atomic E-state index is 12.1. The van der Waals surface area contributed by atoms with Crippen molar-refractivity contribution in [3.8, 4) is 0 Å². The van der Waals surface area contributed by atoms with Crippen molar-refractivity contribution in [3.05, 3.63) is 35.9 Å². The lowest BCUT2D eigenvalue weighted by Gasteiger charge is -2.28. The average Bonchev–Trinajstić information content (AvgIpc) is 2.58. The molecule has 0 aliphatic rings. The number of carbonyl (C=O) groups excluding carboxylic acids is 1. The van der Waals surface area contributed by atoms with Gasteiger partial charge in [0.15, 0.2) is 6.29 Å². The third-order valence-corrected chi connectivity index (χ3v) is 3.87. The van der Waals surface area contributed by atoms with Crippen LogP contribution in [0.3, 0.4) is 0 Å². The highest BCUT2D eigenvalue weighted by molar-refractivity contribution is 5.77. The van der Waals surface area contributed by atoms with E-state index in [1.54, 1.807) is 20.8 Å². The van der Waals surface area contributed by atoms with Gasteiger partial charge in [-0.05, 0) is 25.8 Å². The van der Waals surface area contributed by atoms with Crippen LogP contribution in [0.4, 0.5) is 0 Å². The van der Waals surface area contributed by atoms with E-state index in [1.165, 1.54) is 7.11 Å². The molecule has 0 fully saturated rings. The van der Waals surface area contributed by atoms with Gasteiger partial charge in [-0.3, -0.25) is 9.59 Å². The van der Waals surface area contributed by atoms with Crippen molar-refractivity contribution in [2.24, 2.45) is 11.3 Å². The summed E-state index contributed by atoms with van der Waals surface area (Å²) < 4.78 is 15.6. The second-order valence-corrected chi connectivity index (χ2v) is 6.18. The molecule has 3 atom stereocenters. The van der Waals surface area contributed by atoms with Crippen LogP contribution in [0.1, 0.15) is 32.8 Å². The fraction of sp³-hybridized carbons (Fsp3) is 0.556. The molecular weight excluding hydrogens is 312 g/mol. The zero-order chi connectivity index (χ0) is 18.2. The molecule has 1 aromatic carbocycles. The molecule has 24 heavy (non-hydrogen) atoms. The molecule has 3 unspecified atom stereocenters. The van der Waals surface area contributed by atoms with E-state index in [4.69, 9.17) is 14.2 Å². The van der Waals surface area contributed by atoms with Crippen LogP contribution in [0.5, 0.6) is 0 Å². The van der Waals surface area contributed by atoms with Crippen LogP contribution in [-0.2, 0) is 30.4 Å². The number of carboxylic acid groups (broad SMARTS) is 1. The summed E-state index contributed by atoms with van der Waals surface area (Å²) in [5.41, 5.74) is -0.311. The van der Waals surface area contributed by atoms with E-state index >= 15 is 0 Å². The van der Waals surface area contributed by atoms with Crippen LogP contribution in [-0.4, -0.2) is 37.1 Å². The fourth-order valence-electron chi connectivity index (χ4n) is 2.21. The molecule has 0 spiro atoms. The predicted octanol–water partition coefficient (Wildman–Crippen LogP) is 2.86. The zero-order valence-electron chi connectivity index (χ0n) is 14.7. The van der Waals surface area contributed by atoms with Crippen molar-refractivity contribution in [2.45, 2.75) is 40.1 Å². The molecule has 0 saturated carbocycles. The van der Waals surface area contributed by atoms with E-state index in [1.807, 2.05) is 30.3 Å². The summed E-state index contributed by atoms with van der Waals surface area (Å²) >= 11 is 0. The minimum atomic E-state index is -1.20. The van der Waals surface area contributed by atoms with Crippen LogP contribution in [0.25, 0.3) is 0 Å². The molecule has 1 aromatic rings. The Morgan fingerprint density at radius 3 is 2.38 bits per heavy atom. The molecule has 0 aliphatic heterocycles. The Kier molecular flexibility index (Phi) is 7.88. The van der Waals surface area contributed by atoms with Crippen molar-refractivity contribution < 1.29 is 28.9 Å². The lowest BCUT2D eigenvalue weighted by atomic mass is 9.82. The molecule has 134 valence electrons. The first-order chi connectivity index (χ1) is 11.3. The van der Waals surface area contributed by atoms with Crippen molar-refractivity contribution in [1.29, 1.82) is 0 Å². The summed E-state index contributed by atoms with van der Waals surface area (Å²) in [7, 11) is 1.48. The van der Waals surface area contributed by atoms with Crippen LogP contribution < -0.4 is 0 Å². The van der Waals surface area contributed by atoms with Crippen molar-refractivity contribution in [2.75, 3.05) is 13.7 Å². The number of esters is 1. The van der Waals surface area contributed by atoms with Gasteiger partial charge in [0.05, 0.1) is 17.9 Å². The minimum Gasteiger partial charge on any atom is -0.481 e. The Morgan fingerprint density at radius 1 is 1.21 bits per heavy atom. The Hall–Kier alpha value is -1.92. The lowest BCUT2D eigenvalue weighted by Crippen LogP contribution is -2.37. The molecule has 0 radical (unpaired) electrons. The monoisotopic (exact) mass is 338 g/mol. The summed E-state index contributed by atoms with van der Waals surface area (Å²) in [5, 5.41) is 9.48. The molecule has 0 amide bonds. The maximum Gasteiger partial charge on any atom is 0.311 e. The molecule has 0 bridgehead atoms. The normalized spacial score (nSPS) is 16.0. The smallest absolute Gasteiger partial charge is 0.311 e. The number of carbonyl (C=O) groups is 2. The Morgan fingerprint density at radius 2 is 1.83 bits per heavy atom. The third kappa shape index (κ3) is 6.29. The Balaban J connectivity index is 2.58. The van der Waals surface area contributed by atoms with E-state index in [-0.39, 0.29) is 19.6 Å². The molecule has 6 nitrogen and oxygen atoms in total. The number of rotatable bonds is 10. The van der Waals surface area contributed by atoms with Gasteiger partial charge in [-0.15, -0.1) is 0 Å². The lowest BCUT2D eigenvalue weighted by molar-refractivity contribution is -0.169. The van der Waals surface area contributed by atoms with Gasteiger partial charge < -0.3 is 19.3 Å². The van der Waals surface area contributed by atoms with Crippen LogP contribution in [0.15, 0.2) is 30.3 Å². The van der Waals surface area contributed by atoms with Gasteiger partial charge in [0.25, 0.3) is 0 Å². The second-order valence-electron chi connectivity index (χ2n) is 6.18. The van der Waals surface area contributed by atoms with Gasteiger partial charge in [0, 0.05) is 7.11 Å². The number of methoxy groups -OCH3 is 1. The van der Waals surface area contributed by atoms with Gasteiger partial charge in [-0.2, -0.15) is 0 Å². The van der Waals surface area contributed by atoms with Gasteiger partial charge in [-0.1, -0.05) is 37.3 Å². The molecule has 0 aromatic heterocycles. The number of aliphatic carboxylic acids is 1. The standard InChI is InChI=1S/C18H26O6/c1-13(16(19)23-11-15-8-6-5-7-9-15)10-18(3,17(20)21)12-24-14(2)22-4/h5-9,13-14H,10-12H2,1-4H3,(H,20,21). The first kappa shape index (κ1) is 20.1. The molecule has 0 saturated heterocycles. The van der Waals surface area contributed by atoms with E-state index < -0.39 is 29.6 Å². The molecule has 1 rings (SSSR count). The average molecular weight is 338 g/mol. The van der Waals surface area contributed by atoms with Gasteiger partial charge in [-0.25, -0.2) is 0 Å². The fourth-order valence-corrected chi connectivity index (χ4v) is 2.21. The number of benzene rings is 1. The van der Waals surface area contributed by atoms with Crippen molar-refractivity contribution in [1.82, 2.24) is 0 Å². The number of hydrogen-bond donors (Lipinski definition) is 1. The van der Waals surface area contributed by atoms with Gasteiger partial charge in [0.2, 0.25) is 0 Å². The molecule has 0 aliphatic carbocycles. The van der Waals surface area contributed by atoms with E-state index in [2.05, 4.69) is 0 Å². The van der Waals surface area contributed by atoms with E-state index in [0.29, 0.717) is 0 Å². The highest BCUT2D eigenvalue weighted by atomic mass is 16.7. The minimum absolute atomic E-state index is 0.0480. The first-order valence-corrected chi connectivity index (χ1v) is 7.87. The van der Waals surface area contributed by atoms with E-state index in [0.717, 1.165) is 5.56 Å². The molecule has 0 heterocycles. The molecular formula is C18H26O6. The maximum atomic E-state index is 12.1. The SMILES string of the molecule is COC(C)OCC(C)(CC(C)C(=O)OCc1ccccc1)C(=O)O. The summed E-state index contributed by atoms with van der Waals surface area (Å²) in [6.45, 7) is 5.02. The highest BCUT2D eigenvalue weighted by Gasteiger charge is 2.38. The summed E-state index contributed by atoms with van der Waals surface area (Å²) in [5.74, 6) is -2.00. The second kappa shape index (κ2) is 9.39. The molecule has 1 N–H and O–H groups in total. The van der Waals surface area contributed by atoms with E-state index in [9.17, 15) is 14.7 Å². The topological polar surface area (TPSA) is 82.1 Å². The highest BCUT2D eigenvalue weighted by Crippen LogP contribution is 2.28. The zero-order valence-corrected chi connectivity index (χ0v) is 14.7.